The number of hydrogen-bond acceptors (Lipinski definition) is 5. The van der Waals surface area contributed by atoms with Crippen LogP contribution in [0.1, 0.15) is 11.1 Å². The zero-order valence-electron chi connectivity index (χ0n) is 16.4. The van der Waals surface area contributed by atoms with Gasteiger partial charge in [-0.1, -0.05) is 12.1 Å². The first-order valence-electron chi connectivity index (χ1n) is 9.08. The largest absolute Gasteiger partial charge is 0.371 e. The molecule has 0 atom stereocenters. The van der Waals surface area contributed by atoms with Gasteiger partial charge in [0.1, 0.15) is 4.90 Å². The Balaban J connectivity index is 1.79. The number of pyridine rings is 1. The van der Waals surface area contributed by atoms with E-state index in [1.807, 2.05) is 52.3 Å². The zero-order valence-corrected chi connectivity index (χ0v) is 17.2. The molecule has 3 aromatic rings. The second-order valence-electron chi connectivity index (χ2n) is 7.18. The molecule has 1 aliphatic heterocycles. The molecule has 2 aromatic heterocycles. The molecule has 0 saturated heterocycles. The summed E-state index contributed by atoms with van der Waals surface area (Å²) in [7, 11) is 0.0971. The predicted molar refractivity (Wildman–Crippen MR) is 110 cm³/mol. The van der Waals surface area contributed by atoms with Crippen molar-refractivity contribution in [2.75, 3.05) is 29.3 Å². The van der Waals surface area contributed by atoms with Crippen LogP contribution in [0.25, 0.3) is 11.3 Å². The molecule has 0 spiro atoms. The Morgan fingerprint density at radius 2 is 1.82 bits per heavy atom. The molecule has 0 amide bonds. The summed E-state index contributed by atoms with van der Waals surface area (Å²) in [6, 6.07) is 7.66. The number of likely N-dealkylation sites (N-methyl/N-ethyl adjacent to an activating group) is 1. The molecule has 146 valence electrons. The highest BCUT2D eigenvalue weighted by molar-refractivity contribution is 7.93. The summed E-state index contributed by atoms with van der Waals surface area (Å²) in [5.41, 5.74) is 4.84. The van der Waals surface area contributed by atoms with E-state index >= 15 is 0 Å². The molecule has 0 aliphatic carbocycles. The number of sulfonamides is 1. The monoisotopic (exact) mass is 397 g/mol. The Bertz CT molecular complexity index is 1150. The molecule has 0 fully saturated rings. The molecule has 0 unspecified atom stereocenters. The lowest BCUT2D eigenvalue weighted by Gasteiger charge is -2.37. The minimum Gasteiger partial charge on any atom is -0.371 e. The van der Waals surface area contributed by atoms with E-state index in [1.54, 1.807) is 16.9 Å². The van der Waals surface area contributed by atoms with Gasteiger partial charge in [0.05, 0.1) is 29.8 Å². The van der Waals surface area contributed by atoms with Gasteiger partial charge >= 0.3 is 0 Å². The number of anilines is 2. The van der Waals surface area contributed by atoms with Gasteiger partial charge in [-0.25, -0.2) is 8.42 Å². The first-order chi connectivity index (χ1) is 13.3. The van der Waals surface area contributed by atoms with Crippen LogP contribution >= 0.6 is 0 Å². The molecule has 0 radical (unpaired) electrons. The maximum atomic E-state index is 13.5. The van der Waals surface area contributed by atoms with E-state index in [-0.39, 0.29) is 4.90 Å². The van der Waals surface area contributed by atoms with Crippen molar-refractivity contribution in [1.29, 1.82) is 0 Å². The summed E-state index contributed by atoms with van der Waals surface area (Å²) in [6.07, 6.45) is 5.04. The molecule has 4 rings (SSSR count). The summed E-state index contributed by atoms with van der Waals surface area (Å²) in [5.74, 6) is 0. The highest BCUT2D eigenvalue weighted by Gasteiger charge is 2.33. The summed E-state index contributed by atoms with van der Waals surface area (Å²) in [5, 5.41) is 4.15. The molecule has 0 saturated carbocycles. The van der Waals surface area contributed by atoms with Crippen molar-refractivity contribution in [1.82, 2.24) is 14.8 Å². The second-order valence-corrected chi connectivity index (χ2v) is 9.01. The molecule has 7 nitrogen and oxygen atoms in total. The van der Waals surface area contributed by atoms with Gasteiger partial charge in [-0.05, 0) is 37.1 Å². The number of fused-ring (bicyclic) bond motifs is 1. The van der Waals surface area contributed by atoms with E-state index in [2.05, 4.69) is 15.0 Å². The Hall–Kier alpha value is -2.87. The van der Waals surface area contributed by atoms with Gasteiger partial charge in [0.25, 0.3) is 10.0 Å². The number of rotatable bonds is 3. The number of aromatic nitrogens is 3. The minimum atomic E-state index is -3.72. The summed E-state index contributed by atoms with van der Waals surface area (Å²) in [4.78, 5) is 6.73. The van der Waals surface area contributed by atoms with Crippen molar-refractivity contribution in [3.63, 3.8) is 0 Å². The summed E-state index contributed by atoms with van der Waals surface area (Å²) >= 11 is 0. The van der Waals surface area contributed by atoms with Gasteiger partial charge < -0.3 is 4.90 Å². The molecule has 28 heavy (non-hydrogen) atoms. The van der Waals surface area contributed by atoms with Crippen LogP contribution in [-0.2, 0) is 17.1 Å². The van der Waals surface area contributed by atoms with Crippen LogP contribution in [0.5, 0.6) is 0 Å². The van der Waals surface area contributed by atoms with Crippen LogP contribution in [0.15, 0.2) is 47.8 Å². The number of hydrogen-bond donors (Lipinski definition) is 0. The van der Waals surface area contributed by atoms with Gasteiger partial charge in [0.2, 0.25) is 0 Å². The van der Waals surface area contributed by atoms with E-state index in [4.69, 9.17) is 0 Å². The molecular weight excluding hydrogens is 374 g/mol. The molecule has 8 heteroatoms. The smallest absolute Gasteiger partial charge is 0.266 e. The van der Waals surface area contributed by atoms with Crippen molar-refractivity contribution >= 4 is 21.4 Å². The quantitative estimate of drug-likeness (QED) is 0.680. The van der Waals surface area contributed by atoms with Gasteiger partial charge in [-0.3, -0.25) is 14.0 Å². The number of aryl methyl sites for hydroxylation is 3. The average Bonchev–Trinajstić information content (AvgIpc) is 3.08. The topological polar surface area (TPSA) is 71.3 Å². The van der Waals surface area contributed by atoms with Crippen molar-refractivity contribution in [3.05, 3.63) is 54.0 Å². The molecule has 0 bridgehead atoms. The number of para-hydroxylation sites is 1. The molecular formula is C20H23N5O2S. The van der Waals surface area contributed by atoms with Crippen molar-refractivity contribution in [3.8, 4) is 11.3 Å². The van der Waals surface area contributed by atoms with Gasteiger partial charge in [-0.2, -0.15) is 5.10 Å². The Morgan fingerprint density at radius 3 is 2.50 bits per heavy atom. The predicted octanol–water partition coefficient (Wildman–Crippen LogP) is 2.74. The molecule has 1 aliphatic rings. The fourth-order valence-electron chi connectivity index (χ4n) is 3.63. The van der Waals surface area contributed by atoms with Crippen molar-refractivity contribution in [2.24, 2.45) is 7.05 Å². The lowest BCUT2D eigenvalue weighted by atomic mass is 10.1. The van der Waals surface area contributed by atoms with Gasteiger partial charge in [0, 0.05) is 38.6 Å². The number of benzene rings is 1. The standard InChI is InChI=1S/C20H23N5O2S/c1-14-6-5-7-18-20(14)25(9-8-23(18)3)28(26,27)19-12-21-17(10-15(19)2)16-11-22-24(4)13-16/h5-7,10-13H,8-9H2,1-4H3. The first-order valence-corrected chi connectivity index (χ1v) is 10.5. The normalized spacial score (nSPS) is 14.3. The van der Waals surface area contributed by atoms with E-state index < -0.39 is 10.0 Å². The third-order valence-corrected chi connectivity index (χ3v) is 7.08. The Kier molecular flexibility index (Phi) is 4.38. The Morgan fingerprint density at radius 1 is 1.04 bits per heavy atom. The average molecular weight is 398 g/mol. The highest BCUT2D eigenvalue weighted by Crippen LogP contribution is 2.38. The third kappa shape index (κ3) is 2.93. The maximum absolute atomic E-state index is 13.5. The first kappa shape index (κ1) is 18.5. The minimum absolute atomic E-state index is 0.235. The molecule has 3 heterocycles. The van der Waals surface area contributed by atoms with E-state index in [1.165, 1.54) is 10.5 Å². The van der Waals surface area contributed by atoms with Gasteiger partial charge in [0.15, 0.2) is 0 Å². The SMILES string of the molecule is Cc1cc(-c2cnn(C)c2)ncc1S(=O)(=O)N1CCN(C)c2cccc(C)c21. The van der Waals surface area contributed by atoms with Crippen LogP contribution < -0.4 is 9.21 Å². The number of nitrogens with zero attached hydrogens (tertiary/aromatic N) is 5. The maximum Gasteiger partial charge on any atom is 0.266 e. The van der Waals surface area contributed by atoms with Gasteiger partial charge in [-0.15, -0.1) is 0 Å². The van der Waals surface area contributed by atoms with E-state index in [9.17, 15) is 8.42 Å². The van der Waals surface area contributed by atoms with Crippen molar-refractivity contribution < 1.29 is 8.42 Å². The summed E-state index contributed by atoms with van der Waals surface area (Å²) < 4.78 is 30.3. The lowest BCUT2D eigenvalue weighted by Crippen LogP contribution is -2.43. The van der Waals surface area contributed by atoms with Crippen LogP contribution in [-0.4, -0.2) is 43.3 Å². The fourth-order valence-corrected chi connectivity index (χ4v) is 5.32. The van der Waals surface area contributed by atoms with Crippen molar-refractivity contribution in [2.45, 2.75) is 18.7 Å². The van der Waals surface area contributed by atoms with Crippen LogP contribution in [0, 0.1) is 13.8 Å². The molecule has 1 aromatic carbocycles. The molecule has 0 N–H and O–H groups in total. The highest BCUT2D eigenvalue weighted by atomic mass is 32.2. The van der Waals surface area contributed by atoms with E-state index in [0.29, 0.717) is 24.3 Å². The Labute approximate surface area is 165 Å². The lowest BCUT2D eigenvalue weighted by molar-refractivity contribution is 0.588. The van der Waals surface area contributed by atoms with Crippen LogP contribution in [0.4, 0.5) is 11.4 Å². The van der Waals surface area contributed by atoms with Crippen LogP contribution in [0.3, 0.4) is 0 Å². The van der Waals surface area contributed by atoms with Crippen LogP contribution in [0.2, 0.25) is 0 Å². The summed E-state index contributed by atoms with van der Waals surface area (Å²) in [6.45, 7) is 4.79. The second kappa shape index (κ2) is 6.63. The zero-order chi connectivity index (χ0) is 20.1. The fraction of sp³-hybridized carbons (Fsp3) is 0.300. The van der Waals surface area contributed by atoms with E-state index in [0.717, 1.165) is 22.5 Å². The third-order valence-electron chi connectivity index (χ3n) is 5.15.